The summed E-state index contributed by atoms with van der Waals surface area (Å²) in [5, 5.41) is 12.4. The summed E-state index contributed by atoms with van der Waals surface area (Å²) in [7, 11) is 0. The first-order valence-corrected chi connectivity index (χ1v) is 8.00. The Balaban J connectivity index is 1.49. The molecule has 2 saturated heterocycles. The van der Waals surface area contributed by atoms with E-state index in [-0.39, 0.29) is 24.2 Å². The van der Waals surface area contributed by atoms with Gasteiger partial charge in [0.05, 0.1) is 0 Å². The van der Waals surface area contributed by atoms with Crippen molar-refractivity contribution in [1.29, 1.82) is 0 Å². The lowest BCUT2D eigenvalue weighted by Crippen LogP contribution is -2.56. The summed E-state index contributed by atoms with van der Waals surface area (Å²) in [6, 6.07) is 4.07. The molecule has 0 radical (unpaired) electrons. The number of ether oxygens (including phenoxy) is 1. The number of esters is 1. The van der Waals surface area contributed by atoms with Crippen molar-refractivity contribution >= 4 is 17.4 Å². The van der Waals surface area contributed by atoms with Gasteiger partial charge in [-0.05, 0) is 26.0 Å². The van der Waals surface area contributed by atoms with E-state index in [1.807, 2.05) is 19.1 Å². The number of rotatable bonds is 2. The molecule has 0 aliphatic carbocycles. The molecule has 0 amide bonds. The number of nitrogens with zero attached hydrogens (tertiary/aromatic N) is 6. The zero-order chi connectivity index (χ0) is 16.0. The van der Waals surface area contributed by atoms with Crippen molar-refractivity contribution in [2.24, 2.45) is 0 Å². The summed E-state index contributed by atoms with van der Waals surface area (Å²) < 4.78 is 6.97. The molecule has 2 fully saturated rings. The van der Waals surface area contributed by atoms with Crippen molar-refractivity contribution in [3.05, 3.63) is 18.5 Å². The third-order valence-corrected chi connectivity index (χ3v) is 4.69. The van der Waals surface area contributed by atoms with Crippen LogP contribution < -0.4 is 4.90 Å². The molecule has 2 aliphatic heterocycles. The van der Waals surface area contributed by atoms with Crippen LogP contribution in [0.1, 0.15) is 20.3 Å². The van der Waals surface area contributed by atoms with E-state index in [0.717, 1.165) is 37.5 Å². The van der Waals surface area contributed by atoms with Gasteiger partial charge in [0.15, 0.2) is 5.65 Å². The number of aromatic nitrogens is 4. The van der Waals surface area contributed by atoms with E-state index in [9.17, 15) is 4.79 Å². The van der Waals surface area contributed by atoms with E-state index in [0.29, 0.717) is 0 Å². The number of carbonyl (C=O) groups is 1. The Hall–Kier alpha value is -2.22. The molecule has 0 bridgehead atoms. The molecule has 8 heteroatoms. The fraction of sp³-hybridized carbons (Fsp3) is 0.600. The van der Waals surface area contributed by atoms with Crippen molar-refractivity contribution in [3.8, 4) is 0 Å². The van der Waals surface area contributed by atoms with Gasteiger partial charge < -0.3 is 9.64 Å². The van der Waals surface area contributed by atoms with Crippen molar-refractivity contribution in [2.75, 3.05) is 24.5 Å². The normalized spacial score (nSPS) is 29.2. The number of anilines is 1. The van der Waals surface area contributed by atoms with Crippen LogP contribution in [0.5, 0.6) is 0 Å². The third-order valence-electron chi connectivity index (χ3n) is 4.69. The SMILES string of the molecule is C[C@@H]1C[C@H](N2CCN(c3ccc4nncn4n3)[C@@H](C)C2)C(=O)O1. The monoisotopic (exact) mass is 316 g/mol. The number of cyclic esters (lactones) is 1. The largest absolute Gasteiger partial charge is 0.461 e. The van der Waals surface area contributed by atoms with Gasteiger partial charge in [-0.2, -0.15) is 4.52 Å². The van der Waals surface area contributed by atoms with E-state index in [1.165, 1.54) is 0 Å². The van der Waals surface area contributed by atoms with Crippen LogP contribution in [0.3, 0.4) is 0 Å². The summed E-state index contributed by atoms with van der Waals surface area (Å²) in [6.45, 7) is 6.61. The molecular formula is C15H20N6O2. The smallest absolute Gasteiger partial charge is 0.323 e. The molecule has 2 aromatic rings. The second kappa shape index (κ2) is 5.45. The molecular weight excluding hydrogens is 296 g/mol. The van der Waals surface area contributed by atoms with Gasteiger partial charge in [0.1, 0.15) is 24.3 Å². The first kappa shape index (κ1) is 14.4. The molecule has 23 heavy (non-hydrogen) atoms. The summed E-state index contributed by atoms with van der Waals surface area (Å²) in [5.74, 6) is 0.828. The molecule has 0 saturated carbocycles. The minimum Gasteiger partial charge on any atom is -0.461 e. The Morgan fingerprint density at radius 2 is 2.13 bits per heavy atom. The van der Waals surface area contributed by atoms with Crippen molar-refractivity contribution < 1.29 is 9.53 Å². The van der Waals surface area contributed by atoms with Crippen LogP contribution in [0.4, 0.5) is 5.82 Å². The van der Waals surface area contributed by atoms with Crippen LogP contribution in [0.25, 0.3) is 5.65 Å². The van der Waals surface area contributed by atoms with Crippen LogP contribution in [-0.2, 0) is 9.53 Å². The third kappa shape index (κ3) is 2.52. The van der Waals surface area contributed by atoms with Crippen LogP contribution in [0.2, 0.25) is 0 Å². The maximum atomic E-state index is 12.0. The number of hydrogen-bond acceptors (Lipinski definition) is 7. The molecule has 8 nitrogen and oxygen atoms in total. The standard InChI is InChI=1S/C15H20N6O2/c1-10-8-19(12-7-11(2)23-15(12)22)5-6-20(10)14-4-3-13-17-16-9-21(13)18-14/h3-4,9-12H,5-8H2,1-2H3/t10-,11+,12-/m0/s1. The predicted octanol–water partition coefficient (Wildman–Crippen LogP) is 0.339. The van der Waals surface area contributed by atoms with E-state index < -0.39 is 0 Å². The molecule has 4 rings (SSSR count). The lowest BCUT2D eigenvalue weighted by molar-refractivity contribution is -0.145. The molecule has 3 atom stereocenters. The van der Waals surface area contributed by atoms with Gasteiger partial charge in [-0.15, -0.1) is 15.3 Å². The van der Waals surface area contributed by atoms with Gasteiger partial charge in [0.2, 0.25) is 0 Å². The predicted molar refractivity (Wildman–Crippen MR) is 83.1 cm³/mol. The van der Waals surface area contributed by atoms with Crippen molar-refractivity contribution in [1.82, 2.24) is 24.7 Å². The Bertz CT molecular complexity index is 732. The fourth-order valence-corrected chi connectivity index (χ4v) is 3.51. The van der Waals surface area contributed by atoms with Gasteiger partial charge in [-0.25, -0.2) is 0 Å². The molecule has 0 N–H and O–H groups in total. The topological polar surface area (TPSA) is 75.9 Å². The molecule has 0 unspecified atom stereocenters. The van der Waals surface area contributed by atoms with E-state index in [1.54, 1.807) is 10.8 Å². The highest BCUT2D eigenvalue weighted by Crippen LogP contribution is 2.25. The highest BCUT2D eigenvalue weighted by atomic mass is 16.6. The maximum absolute atomic E-state index is 12.0. The average molecular weight is 316 g/mol. The molecule has 122 valence electrons. The minimum absolute atomic E-state index is 0.0265. The zero-order valence-corrected chi connectivity index (χ0v) is 13.3. The zero-order valence-electron chi connectivity index (χ0n) is 13.3. The first-order valence-electron chi connectivity index (χ1n) is 8.00. The lowest BCUT2D eigenvalue weighted by atomic mass is 10.1. The number of hydrogen-bond donors (Lipinski definition) is 0. The molecule has 0 aromatic carbocycles. The van der Waals surface area contributed by atoms with Gasteiger partial charge >= 0.3 is 5.97 Å². The molecule has 0 spiro atoms. The van der Waals surface area contributed by atoms with E-state index in [4.69, 9.17) is 4.74 Å². The van der Waals surface area contributed by atoms with Gasteiger partial charge in [-0.3, -0.25) is 9.69 Å². The van der Waals surface area contributed by atoms with Gasteiger partial charge in [0.25, 0.3) is 0 Å². The maximum Gasteiger partial charge on any atom is 0.323 e. The van der Waals surface area contributed by atoms with Gasteiger partial charge in [-0.1, -0.05) is 0 Å². The van der Waals surface area contributed by atoms with E-state index >= 15 is 0 Å². The van der Waals surface area contributed by atoms with Crippen LogP contribution in [0.15, 0.2) is 18.5 Å². The van der Waals surface area contributed by atoms with Crippen LogP contribution >= 0.6 is 0 Å². The Labute approximate surface area is 134 Å². The highest BCUT2D eigenvalue weighted by Gasteiger charge is 2.39. The van der Waals surface area contributed by atoms with Crippen molar-refractivity contribution in [2.45, 2.75) is 38.5 Å². The highest BCUT2D eigenvalue weighted by molar-refractivity contribution is 5.78. The van der Waals surface area contributed by atoms with Gasteiger partial charge in [0, 0.05) is 32.1 Å². The Morgan fingerprint density at radius 3 is 2.87 bits per heavy atom. The van der Waals surface area contributed by atoms with Crippen molar-refractivity contribution in [3.63, 3.8) is 0 Å². The second-order valence-corrected chi connectivity index (χ2v) is 6.36. The summed E-state index contributed by atoms with van der Waals surface area (Å²) >= 11 is 0. The summed E-state index contributed by atoms with van der Waals surface area (Å²) in [6.07, 6.45) is 2.42. The summed E-state index contributed by atoms with van der Waals surface area (Å²) in [4.78, 5) is 16.5. The van der Waals surface area contributed by atoms with E-state index in [2.05, 4.69) is 32.0 Å². The fourth-order valence-electron chi connectivity index (χ4n) is 3.51. The summed E-state index contributed by atoms with van der Waals surface area (Å²) in [5.41, 5.74) is 0.739. The Kier molecular flexibility index (Phi) is 3.41. The number of carbonyl (C=O) groups excluding carboxylic acids is 1. The first-order chi connectivity index (χ1) is 11.1. The molecule has 2 aromatic heterocycles. The average Bonchev–Trinajstić information content (AvgIpc) is 3.12. The molecule has 4 heterocycles. The number of fused-ring (bicyclic) bond motifs is 1. The lowest BCUT2D eigenvalue weighted by Gasteiger charge is -2.41. The molecule has 2 aliphatic rings. The minimum atomic E-state index is -0.0945. The Morgan fingerprint density at radius 1 is 1.26 bits per heavy atom. The van der Waals surface area contributed by atoms with Crippen LogP contribution in [0, 0.1) is 0 Å². The van der Waals surface area contributed by atoms with Crippen LogP contribution in [-0.4, -0.2) is 68.5 Å². The second-order valence-electron chi connectivity index (χ2n) is 6.36. The quantitative estimate of drug-likeness (QED) is 0.739. The number of piperazine rings is 1.